The van der Waals surface area contributed by atoms with Crippen LogP contribution >= 0.6 is 0 Å². The minimum absolute atomic E-state index is 0.116. The summed E-state index contributed by atoms with van der Waals surface area (Å²) in [6.07, 6.45) is 0. The molecule has 0 aliphatic heterocycles. The molecule has 0 bridgehead atoms. The number of nitriles is 2. The monoisotopic (exact) mass is 510 g/mol. The topological polar surface area (TPSA) is 159 Å². The number of fused-ring (bicyclic) bond motifs is 8. The van der Waals surface area contributed by atoms with Crippen LogP contribution in [-0.4, -0.2) is 39.9 Å². The smallest absolute Gasteiger partial charge is 0.316 e. The van der Waals surface area contributed by atoms with Gasteiger partial charge < -0.3 is 9.69 Å². The van der Waals surface area contributed by atoms with E-state index in [1.807, 2.05) is 48.5 Å². The molecule has 0 aliphatic carbocycles. The Morgan fingerprint density at radius 2 is 0.825 bits per heavy atom. The number of nitrogens with zero attached hydrogens (tertiary/aromatic N) is 12. The Labute approximate surface area is 221 Å². The number of rotatable bonds is 0. The lowest BCUT2D eigenvalue weighted by atomic mass is 9.91. The number of benzene rings is 4. The molecule has 178 valence electrons. The van der Waals surface area contributed by atoms with Gasteiger partial charge in [-0.3, -0.25) is 0 Å². The second-order valence-electron chi connectivity index (χ2n) is 8.83. The molecule has 8 rings (SSSR count). The van der Waals surface area contributed by atoms with E-state index < -0.39 is 0 Å². The molecular formula is C28H6N12. The molecule has 4 aromatic carbocycles. The Balaban J connectivity index is 1.62. The molecule has 4 aromatic heterocycles. The highest BCUT2D eigenvalue weighted by molar-refractivity contribution is 6.38. The number of hydrogen-bond acceptors (Lipinski definition) is 10. The van der Waals surface area contributed by atoms with Crippen molar-refractivity contribution in [3.05, 3.63) is 70.6 Å². The van der Waals surface area contributed by atoms with E-state index in [1.165, 1.54) is 0 Å². The van der Waals surface area contributed by atoms with Crippen LogP contribution in [0.5, 0.6) is 0 Å². The molecule has 12 nitrogen and oxygen atoms in total. The van der Waals surface area contributed by atoms with E-state index >= 15 is 0 Å². The van der Waals surface area contributed by atoms with E-state index in [9.17, 15) is 10.5 Å². The van der Waals surface area contributed by atoms with Crippen molar-refractivity contribution in [2.45, 2.75) is 0 Å². The van der Waals surface area contributed by atoms with Gasteiger partial charge in [0.05, 0.1) is 11.0 Å². The van der Waals surface area contributed by atoms with Gasteiger partial charge in [-0.2, -0.15) is 20.5 Å². The standard InChI is InChI=1S/C28H6N12/c1-31-23-24(32-2)40-28-27(39-23)37-21-13-7-3-5-11-17(13)18-12(6-4-8-14(18)22(21)38-28)20-19(11)35-25-26(36-20)34-16(10-30)15(9-29)33-25/h3-8H. The third-order valence-electron chi connectivity index (χ3n) is 6.83. The summed E-state index contributed by atoms with van der Waals surface area (Å²) >= 11 is 0. The molecule has 8 aromatic rings. The molecule has 0 saturated carbocycles. The van der Waals surface area contributed by atoms with Crippen molar-refractivity contribution in [3.8, 4) is 12.1 Å². The van der Waals surface area contributed by atoms with Gasteiger partial charge in [0.15, 0.2) is 22.7 Å². The lowest BCUT2D eigenvalue weighted by Crippen LogP contribution is -2.01. The maximum absolute atomic E-state index is 9.44. The largest absolute Gasteiger partial charge is 0.370 e. The molecule has 0 fully saturated rings. The zero-order valence-electron chi connectivity index (χ0n) is 19.8. The summed E-state index contributed by atoms with van der Waals surface area (Å²) in [4.78, 5) is 42.8. The molecule has 0 atom stereocenters. The zero-order chi connectivity index (χ0) is 27.1. The van der Waals surface area contributed by atoms with Gasteiger partial charge in [0.2, 0.25) is 0 Å². The Kier molecular flexibility index (Phi) is 3.94. The third-order valence-corrected chi connectivity index (χ3v) is 6.83. The molecule has 0 spiro atoms. The van der Waals surface area contributed by atoms with E-state index in [4.69, 9.17) is 33.1 Å². The van der Waals surface area contributed by atoms with Crippen LogP contribution in [0.1, 0.15) is 11.4 Å². The SMILES string of the molecule is [C-]#[N+]c1nc2nc3c4cccc5c6nc7nc(C#N)c(C#N)nc7nc6c6cccc(c3nc2nc1[N+]#[C-])c6c54. The first kappa shape index (κ1) is 21.3. The molecule has 0 aliphatic rings. The average Bonchev–Trinajstić information content (AvgIpc) is 3.01. The molecule has 0 N–H and O–H groups in total. The fourth-order valence-electron chi connectivity index (χ4n) is 5.24. The molecule has 0 radical (unpaired) electrons. The highest BCUT2D eigenvalue weighted by Crippen LogP contribution is 2.43. The van der Waals surface area contributed by atoms with Crippen LogP contribution in [0.2, 0.25) is 0 Å². The van der Waals surface area contributed by atoms with Crippen LogP contribution in [-0.2, 0) is 0 Å². The van der Waals surface area contributed by atoms with Crippen LogP contribution in [0.15, 0.2) is 36.4 Å². The predicted molar refractivity (Wildman–Crippen MR) is 144 cm³/mol. The van der Waals surface area contributed by atoms with Crippen molar-refractivity contribution in [1.82, 2.24) is 39.9 Å². The molecule has 4 heterocycles. The van der Waals surface area contributed by atoms with Crippen molar-refractivity contribution in [1.29, 1.82) is 10.5 Å². The summed E-state index contributed by atoms with van der Waals surface area (Å²) in [5.41, 5.74) is 2.68. The highest BCUT2D eigenvalue weighted by Gasteiger charge is 2.23. The minimum atomic E-state index is -0.126. The van der Waals surface area contributed by atoms with Crippen molar-refractivity contribution in [2.24, 2.45) is 0 Å². The first-order valence-corrected chi connectivity index (χ1v) is 11.7. The van der Waals surface area contributed by atoms with Gasteiger partial charge in [-0.1, -0.05) is 49.5 Å². The summed E-state index contributed by atoms with van der Waals surface area (Å²) in [6, 6.07) is 15.3. The van der Waals surface area contributed by atoms with Crippen molar-refractivity contribution >= 4 is 88.6 Å². The molecule has 12 heteroatoms. The van der Waals surface area contributed by atoms with E-state index in [2.05, 4.69) is 29.6 Å². The molecule has 0 amide bonds. The quantitative estimate of drug-likeness (QED) is 0.151. The Hall–Kier alpha value is -6.76. The van der Waals surface area contributed by atoms with Crippen LogP contribution in [0.3, 0.4) is 0 Å². The molecule has 0 unspecified atom stereocenters. The Morgan fingerprint density at radius 3 is 1.12 bits per heavy atom. The third kappa shape index (κ3) is 2.58. The Bertz CT molecular complexity index is 2290. The first-order chi connectivity index (χ1) is 19.6. The van der Waals surface area contributed by atoms with Gasteiger partial charge >= 0.3 is 11.3 Å². The number of aromatic nitrogens is 8. The van der Waals surface area contributed by atoms with E-state index in [0.717, 1.165) is 32.3 Å². The highest BCUT2D eigenvalue weighted by atomic mass is 15.1. The minimum Gasteiger partial charge on any atom is -0.370 e. The number of hydrogen-bond donors (Lipinski definition) is 0. The van der Waals surface area contributed by atoms with Crippen molar-refractivity contribution in [2.75, 3.05) is 0 Å². The van der Waals surface area contributed by atoms with E-state index in [-0.39, 0.29) is 45.6 Å². The van der Waals surface area contributed by atoms with Crippen LogP contribution in [0, 0.1) is 35.8 Å². The zero-order valence-corrected chi connectivity index (χ0v) is 19.8. The summed E-state index contributed by atoms with van der Waals surface area (Å²) in [6.45, 7) is 14.7. The van der Waals surface area contributed by atoms with Crippen LogP contribution in [0.25, 0.3) is 86.7 Å². The average molecular weight is 510 g/mol. The van der Waals surface area contributed by atoms with Crippen molar-refractivity contribution < 1.29 is 0 Å². The van der Waals surface area contributed by atoms with Gasteiger partial charge in [0, 0.05) is 32.3 Å². The van der Waals surface area contributed by atoms with Gasteiger partial charge in [-0.15, -0.1) is 9.97 Å². The van der Waals surface area contributed by atoms with Crippen LogP contribution in [0.4, 0.5) is 11.6 Å². The Morgan fingerprint density at radius 1 is 0.500 bits per heavy atom. The summed E-state index contributed by atoms with van der Waals surface area (Å²) < 4.78 is 0. The summed E-state index contributed by atoms with van der Waals surface area (Å²) in [5, 5.41) is 23.8. The maximum Gasteiger partial charge on any atom is 0.316 e. The normalized spacial score (nSPS) is 11.4. The first-order valence-electron chi connectivity index (χ1n) is 11.7. The maximum atomic E-state index is 9.44. The van der Waals surface area contributed by atoms with Gasteiger partial charge in [0.1, 0.15) is 23.2 Å². The van der Waals surface area contributed by atoms with Gasteiger partial charge in [-0.25, -0.2) is 19.9 Å². The second-order valence-corrected chi connectivity index (χ2v) is 8.83. The molecular weight excluding hydrogens is 504 g/mol. The second kappa shape index (κ2) is 7.39. The van der Waals surface area contributed by atoms with Crippen LogP contribution < -0.4 is 0 Å². The fraction of sp³-hybridized carbons (Fsp3) is 0. The lowest BCUT2D eigenvalue weighted by Gasteiger charge is -2.15. The molecule has 40 heavy (non-hydrogen) atoms. The predicted octanol–water partition coefficient (Wildman–Crippen LogP) is 5.20. The fourth-order valence-corrected chi connectivity index (χ4v) is 5.24. The summed E-state index contributed by atoms with van der Waals surface area (Å²) in [5.74, 6) is -0.252. The van der Waals surface area contributed by atoms with Gasteiger partial charge in [-0.05, 0) is 0 Å². The van der Waals surface area contributed by atoms with E-state index in [1.54, 1.807) is 0 Å². The van der Waals surface area contributed by atoms with Gasteiger partial charge in [0.25, 0.3) is 11.6 Å². The molecule has 0 saturated heterocycles. The van der Waals surface area contributed by atoms with Crippen molar-refractivity contribution in [3.63, 3.8) is 0 Å². The van der Waals surface area contributed by atoms with E-state index in [0.29, 0.717) is 22.1 Å². The lowest BCUT2D eigenvalue weighted by molar-refractivity contribution is 1.14. The summed E-state index contributed by atoms with van der Waals surface area (Å²) in [7, 11) is 0.